The lowest BCUT2D eigenvalue weighted by Gasteiger charge is -2.44. The van der Waals surface area contributed by atoms with Gasteiger partial charge in [0, 0.05) is 50.2 Å². The van der Waals surface area contributed by atoms with E-state index in [0.29, 0.717) is 41.7 Å². The number of likely N-dealkylation sites (tertiary alicyclic amines) is 1. The van der Waals surface area contributed by atoms with Crippen LogP contribution in [0.3, 0.4) is 0 Å². The van der Waals surface area contributed by atoms with E-state index in [1.165, 1.54) is 0 Å². The van der Waals surface area contributed by atoms with Gasteiger partial charge in [0.05, 0.1) is 10.6 Å². The second-order valence-corrected chi connectivity index (χ2v) is 11.2. The first kappa shape index (κ1) is 27.9. The fourth-order valence-corrected chi connectivity index (χ4v) is 6.21. The van der Waals surface area contributed by atoms with E-state index in [1.807, 2.05) is 48.2 Å². The summed E-state index contributed by atoms with van der Waals surface area (Å²) in [6, 6.07) is 13.5. The van der Waals surface area contributed by atoms with Crippen LogP contribution in [-0.4, -0.2) is 48.8 Å². The molecule has 7 heteroatoms. The van der Waals surface area contributed by atoms with E-state index in [4.69, 9.17) is 26.8 Å². The monoisotopic (exact) mass is 528 g/mol. The zero-order chi connectivity index (χ0) is 26.4. The molecule has 37 heavy (non-hydrogen) atoms. The number of rotatable bonds is 10. The summed E-state index contributed by atoms with van der Waals surface area (Å²) in [5.74, 6) is 1.23. The van der Waals surface area contributed by atoms with Gasteiger partial charge in [-0.1, -0.05) is 41.9 Å². The van der Waals surface area contributed by atoms with Crippen molar-refractivity contribution in [1.82, 2.24) is 4.90 Å². The summed E-state index contributed by atoms with van der Waals surface area (Å²) in [7, 11) is 1.69. The Kier molecular flexibility index (Phi) is 9.51. The van der Waals surface area contributed by atoms with Crippen molar-refractivity contribution in [2.75, 3.05) is 26.8 Å². The molecule has 1 heterocycles. The van der Waals surface area contributed by atoms with Gasteiger partial charge in [-0.2, -0.15) is 0 Å². The van der Waals surface area contributed by atoms with E-state index in [0.717, 1.165) is 57.1 Å². The van der Waals surface area contributed by atoms with E-state index < -0.39 is 5.60 Å². The highest BCUT2D eigenvalue weighted by Crippen LogP contribution is 2.47. The average Bonchev–Trinajstić information content (AvgIpc) is 3.34. The number of aryl methyl sites for hydroxylation is 1. The third-order valence-electron chi connectivity index (χ3n) is 8.13. The minimum atomic E-state index is -1.21. The Morgan fingerprint density at radius 1 is 1.16 bits per heavy atom. The quantitative estimate of drug-likeness (QED) is 0.380. The van der Waals surface area contributed by atoms with Crippen molar-refractivity contribution in [2.24, 2.45) is 17.6 Å². The zero-order valence-corrected chi connectivity index (χ0v) is 22.9. The minimum absolute atomic E-state index is 0.00494. The summed E-state index contributed by atoms with van der Waals surface area (Å²) in [6.45, 7) is 3.86. The summed E-state index contributed by atoms with van der Waals surface area (Å²) in [6.07, 6.45) is 6.33. The van der Waals surface area contributed by atoms with E-state index in [1.54, 1.807) is 13.2 Å². The smallest absolute Gasteiger partial charge is 0.225 e. The van der Waals surface area contributed by atoms with E-state index in [9.17, 15) is 9.90 Å². The summed E-state index contributed by atoms with van der Waals surface area (Å²) in [5, 5.41) is 13.0. The number of methoxy groups -OCH3 is 1. The standard InChI is InChI=1S/C30H41ClN2O4/c1-21-9-3-4-13-27(21)37-28-25(11-7-12-26(28)31)30(35,16-5-6-18-36-2)23-10-8-17-33(20-23)29(34)22-14-15-24(32)19-22/h3-4,7,9,11-13,22-24,35H,5-6,8,10,14-20,32H2,1-2H3/t22?,23?,24?,30-/m1/s1. The van der Waals surface area contributed by atoms with Crippen LogP contribution < -0.4 is 10.5 Å². The lowest BCUT2D eigenvalue weighted by molar-refractivity contribution is -0.141. The molecule has 4 rings (SSSR count). The Morgan fingerprint density at radius 3 is 2.70 bits per heavy atom. The highest BCUT2D eigenvalue weighted by molar-refractivity contribution is 6.32. The van der Waals surface area contributed by atoms with E-state index in [2.05, 4.69) is 0 Å². The van der Waals surface area contributed by atoms with E-state index in [-0.39, 0.29) is 23.8 Å². The molecule has 3 unspecified atom stereocenters. The van der Waals surface area contributed by atoms with Gasteiger partial charge in [-0.3, -0.25) is 4.79 Å². The van der Waals surface area contributed by atoms with Crippen LogP contribution in [0.1, 0.15) is 62.5 Å². The molecule has 2 fully saturated rings. The van der Waals surface area contributed by atoms with Crippen LogP contribution in [0, 0.1) is 18.8 Å². The van der Waals surface area contributed by atoms with Gasteiger partial charge in [0.2, 0.25) is 5.91 Å². The highest BCUT2D eigenvalue weighted by atomic mass is 35.5. The molecule has 2 aliphatic rings. The molecule has 1 saturated carbocycles. The van der Waals surface area contributed by atoms with Crippen LogP contribution in [0.15, 0.2) is 42.5 Å². The Balaban J connectivity index is 1.65. The molecule has 202 valence electrons. The van der Waals surface area contributed by atoms with Crippen molar-refractivity contribution >= 4 is 17.5 Å². The summed E-state index contributed by atoms with van der Waals surface area (Å²) in [4.78, 5) is 15.3. The van der Waals surface area contributed by atoms with Gasteiger partial charge in [-0.15, -0.1) is 0 Å². The van der Waals surface area contributed by atoms with Crippen LogP contribution in [0.5, 0.6) is 11.5 Å². The first-order valence-corrected chi connectivity index (χ1v) is 14.0. The van der Waals surface area contributed by atoms with Crippen molar-refractivity contribution < 1.29 is 19.4 Å². The molecule has 1 aliphatic carbocycles. The van der Waals surface area contributed by atoms with Crippen LogP contribution in [-0.2, 0) is 15.1 Å². The molecule has 1 aliphatic heterocycles. The maximum atomic E-state index is 13.4. The predicted molar refractivity (Wildman–Crippen MR) is 147 cm³/mol. The minimum Gasteiger partial charge on any atom is -0.455 e. The first-order chi connectivity index (χ1) is 17.8. The normalized spacial score (nSPS) is 23.6. The van der Waals surface area contributed by atoms with Gasteiger partial charge < -0.3 is 25.2 Å². The Bertz CT molecular complexity index is 1060. The topological polar surface area (TPSA) is 85.0 Å². The van der Waals surface area contributed by atoms with Gasteiger partial charge in [-0.25, -0.2) is 0 Å². The maximum absolute atomic E-state index is 13.4. The molecule has 1 saturated heterocycles. The molecule has 0 spiro atoms. The molecule has 0 bridgehead atoms. The van der Waals surface area contributed by atoms with Gasteiger partial charge in [-0.05, 0) is 76.0 Å². The van der Waals surface area contributed by atoms with Crippen molar-refractivity contribution in [2.45, 2.75) is 69.9 Å². The van der Waals surface area contributed by atoms with Crippen LogP contribution in [0.2, 0.25) is 5.02 Å². The van der Waals surface area contributed by atoms with Gasteiger partial charge in [0.1, 0.15) is 5.75 Å². The van der Waals surface area contributed by atoms with Gasteiger partial charge in [0.25, 0.3) is 0 Å². The molecular formula is C30H41ClN2O4. The highest BCUT2D eigenvalue weighted by Gasteiger charge is 2.44. The van der Waals surface area contributed by atoms with Crippen LogP contribution >= 0.6 is 11.6 Å². The van der Waals surface area contributed by atoms with Crippen LogP contribution in [0.25, 0.3) is 0 Å². The van der Waals surface area contributed by atoms with Crippen LogP contribution in [0.4, 0.5) is 0 Å². The number of carbonyl (C=O) groups is 1. The second kappa shape index (κ2) is 12.6. The Hall–Kier alpha value is -2.12. The van der Waals surface area contributed by atoms with E-state index >= 15 is 0 Å². The fourth-order valence-electron chi connectivity index (χ4n) is 6.00. The molecule has 4 atom stereocenters. The molecular weight excluding hydrogens is 488 g/mol. The molecule has 3 N–H and O–H groups in total. The number of nitrogens with zero attached hydrogens (tertiary/aromatic N) is 1. The number of hydrogen-bond donors (Lipinski definition) is 2. The molecule has 2 aromatic carbocycles. The van der Waals surface area contributed by atoms with Gasteiger partial charge >= 0.3 is 0 Å². The molecule has 6 nitrogen and oxygen atoms in total. The Morgan fingerprint density at radius 2 is 1.97 bits per heavy atom. The number of benzene rings is 2. The maximum Gasteiger partial charge on any atom is 0.225 e. The summed E-state index contributed by atoms with van der Waals surface area (Å²) in [5.41, 5.74) is 6.57. The van der Waals surface area contributed by atoms with Crippen molar-refractivity contribution in [3.63, 3.8) is 0 Å². The largest absolute Gasteiger partial charge is 0.455 e. The Labute approximate surface area is 226 Å². The summed E-state index contributed by atoms with van der Waals surface area (Å²) >= 11 is 6.71. The second-order valence-electron chi connectivity index (χ2n) is 10.8. The van der Waals surface area contributed by atoms with Crippen molar-refractivity contribution in [1.29, 1.82) is 0 Å². The van der Waals surface area contributed by atoms with Crippen molar-refractivity contribution in [3.8, 4) is 11.5 Å². The SMILES string of the molecule is COCCCC[C@](O)(c1cccc(Cl)c1Oc1ccccc1C)C1CCCN(C(=O)C2CCC(N)C2)C1. The fraction of sp³-hybridized carbons (Fsp3) is 0.567. The molecule has 0 radical (unpaired) electrons. The molecule has 1 amide bonds. The number of ether oxygens (including phenoxy) is 2. The lowest BCUT2D eigenvalue weighted by atomic mass is 9.73. The van der Waals surface area contributed by atoms with Crippen molar-refractivity contribution in [3.05, 3.63) is 58.6 Å². The number of aliphatic hydroxyl groups is 1. The number of nitrogens with two attached hydrogens (primary N) is 1. The predicted octanol–water partition coefficient (Wildman–Crippen LogP) is 5.81. The third kappa shape index (κ3) is 6.48. The average molecular weight is 529 g/mol. The number of amides is 1. The number of piperidine rings is 1. The number of hydrogen-bond acceptors (Lipinski definition) is 5. The zero-order valence-electron chi connectivity index (χ0n) is 22.1. The van der Waals surface area contributed by atoms with Gasteiger partial charge in [0.15, 0.2) is 5.75 Å². The number of unbranched alkanes of at least 4 members (excludes halogenated alkanes) is 1. The first-order valence-electron chi connectivity index (χ1n) is 13.6. The molecule has 0 aromatic heterocycles. The lowest BCUT2D eigenvalue weighted by Crippen LogP contribution is -2.49. The number of halogens is 1. The summed E-state index contributed by atoms with van der Waals surface area (Å²) < 4.78 is 11.7. The number of carbonyl (C=O) groups excluding carboxylic acids is 1. The third-order valence-corrected chi connectivity index (χ3v) is 8.42. The molecule has 2 aromatic rings. The number of para-hydroxylation sites is 2.